The minimum absolute atomic E-state index is 0.0945. The van der Waals surface area contributed by atoms with Gasteiger partial charge in [0.2, 0.25) is 0 Å². The van der Waals surface area contributed by atoms with Crippen molar-refractivity contribution in [1.29, 1.82) is 0 Å². The maximum absolute atomic E-state index is 11.9. The highest BCUT2D eigenvalue weighted by Gasteiger charge is 2.24. The van der Waals surface area contributed by atoms with Gasteiger partial charge in [-0.05, 0) is 47.9 Å². The van der Waals surface area contributed by atoms with Gasteiger partial charge in [-0.25, -0.2) is 0 Å². The zero-order chi connectivity index (χ0) is 24.8. The summed E-state index contributed by atoms with van der Waals surface area (Å²) in [5.74, 6) is -0.745. The molecule has 0 fully saturated rings. The van der Waals surface area contributed by atoms with Gasteiger partial charge in [-0.3, -0.25) is 13.7 Å². The molecule has 0 spiro atoms. The van der Waals surface area contributed by atoms with Crippen molar-refractivity contribution >= 4 is 58.2 Å². The van der Waals surface area contributed by atoms with E-state index in [2.05, 4.69) is 15.5 Å². The molecule has 3 rings (SSSR count). The molecule has 0 amide bonds. The molecule has 0 saturated heterocycles. The number of nitrogens with one attached hydrogen (secondary N) is 1. The van der Waals surface area contributed by atoms with Crippen molar-refractivity contribution < 1.29 is 44.0 Å². The van der Waals surface area contributed by atoms with Crippen molar-refractivity contribution in [2.75, 3.05) is 12.4 Å². The minimum atomic E-state index is -4.98. The van der Waals surface area contributed by atoms with E-state index in [9.17, 15) is 44.0 Å². The third-order valence-corrected chi connectivity index (χ3v) is 7.00. The van der Waals surface area contributed by atoms with Crippen LogP contribution in [0.3, 0.4) is 0 Å². The summed E-state index contributed by atoms with van der Waals surface area (Å²) >= 11 is 0. The maximum Gasteiger partial charge on any atom is 0.296 e. The van der Waals surface area contributed by atoms with Gasteiger partial charge in [0.25, 0.3) is 30.4 Å². The van der Waals surface area contributed by atoms with Gasteiger partial charge in [0.05, 0.1) is 4.90 Å². The Hall–Kier alpha value is -3.15. The first-order valence-corrected chi connectivity index (χ1v) is 12.9. The molecule has 0 aliphatic carbocycles. The van der Waals surface area contributed by atoms with Crippen molar-refractivity contribution in [3.05, 3.63) is 42.5 Å². The van der Waals surface area contributed by atoms with Gasteiger partial charge in [0.1, 0.15) is 21.2 Å². The van der Waals surface area contributed by atoms with Crippen LogP contribution in [-0.2, 0) is 30.4 Å². The van der Waals surface area contributed by atoms with Crippen LogP contribution >= 0.6 is 0 Å². The summed E-state index contributed by atoms with van der Waals surface area (Å²) in [5.41, 5.74) is -1.04. The smallest absolute Gasteiger partial charge is 0.296 e. The highest BCUT2D eigenvalue weighted by Crippen LogP contribution is 2.42. The number of azo groups is 1. The monoisotopic (exact) mass is 517 g/mol. The van der Waals surface area contributed by atoms with Crippen LogP contribution in [-0.4, -0.2) is 51.1 Å². The van der Waals surface area contributed by atoms with Crippen molar-refractivity contribution in [3.63, 3.8) is 0 Å². The quantitative estimate of drug-likeness (QED) is 0.236. The number of hydrogen-bond donors (Lipinski definition) is 5. The van der Waals surface area contributed by atoms with Gasteiger partial charge in [0, 0.05) is 18.1 Å². The molecule has 0 aliphatic rings. The Bertz CT molecular complexity index is 1630. The lowest BCUT2D eigenvalue weighted by atomic mass is 10.1. The summed E-state index contributed by atoms with van der Waals surface area (Å²) in [7, 11) is -13.2. The summed E-state index contributed by atoms with van der Waals surface area (Å²) in [4.78, 5) is -2.61. The number of hydrogen-bond acceptors (Lipinski definition) is 10. The van der Waals surface area contributed by atoms with Gasteiger partial charge in [-0.15, -0.1) is 10.2 Å². The van der Waals surface area contributed by atoms with Crippen LogP contribution < -0.4 is 5.32 Å². The molecule has 33 heavy (non-hydrogen) atoms. The molecular formula is C17H15N3O10S3. The molecule has 0 aromatic heterocycles. The van der Waals surface area contributed by atoms with Crippen LogP contribution in [0.2, 0.25) is 0 Å². The van der Waals surface area contributed by atoms with E-state index in [4.69, 9.17) is 0 Å². The maximum atomic E-state index is 11.9. The number of anilines is 1. The van der Waals surface area contributed by atoms with E-state index < -0.39 is 62.2 Å². The molecule has 0 bridgehead atoms. The molecule has 0 saturated carbocycles. The molecule has 0 unspecified atom stereocenters. The van der Waals surface area contributed by atoms with Crippen molar-refractivity contribution in [2.45, 2.75) is 14.7 Å². The fourth-order valence-corrected chi connectivity index (χ4v) is 4.62. The lowest BCUT2D eigenvalue weighted by Gasteiger charge is -2.10. The summed E-state index contributed by atoms with van der Waals surface area (Å²) in [6.45, 7) is 0. The number of fused-ring (bicyclic) bond motifs is 1. The van der Waals surface area contributed by atoms with Crippen molar-refractivity contribution in [1.82, 2.24) is 0 Å². The van der Waals surface area contributed by atoms with E-state index in [1.807, 2.05) is 0 Å². The van der Waals surface area contributed by atoms with Crippen LogP contribution in [0.25, 0.3) is 10.8 Å². The third kappa shape index (κ3) is 5.10. The number of phenols is 1. The molecule has 0 radical (unpaired) electrons. The van der Waals surface area contributed by atoms with Crippen molar-refractivity contribution in [3.8, 4) is 5.75 Å². The Kier molecular flexibility index (Phi) is 6.18. The van der Waals surface area contributed by atoms with E-state index in [0.29, 0.717) is 23.9 Å². The SMILES string of the molecule is CNc1ccc2c(O)c(N=Nc3cc(S(=O)(=O)O)ccc3S(=O)(=O)O)c(S(=O)(=O)O)cc2c1. The summed E-state index contributed by atoms with van der Waals surface area (Å²) in [6.07, 6.45) is 0. The molecule has 0 atom stereocenters. The standard InChI is InChI=1S/C17H15N3O10S3/c1-18-10-2-4-12-9(6-10)7-15(33(28,29)30)16(17(12)21)20-19-13-8-11(31(22,23)24)3-5-14(13)32(25,26)27/h2-8,18,21H,1H3,(H,22,23,24)(H,25,26,27)(H,28,29,30). The Morgan fingerprint density at radius 3 is 1.94 bits per heavy atom. The average Bonchev–Trinajstić information content (AvgIpc) is 2.70. The molecule has 0 aliphatic heterocycles. The van der Waals surface area contributed by atoms with Gasteiger partial charge < -0.3 is 10.4 Å². The Morgan fingerprint density at radius 2 is 1.39 bits per heavy atom. The Balaban J connectivity index is 2.33. The zero-order valence-corrected chi connectivity index (χ0v) is 18.8. The first-order chi connectivity index (χ1) is 15.1. The Morgan fingerprint density at radius 1 is 0.758 bits per heavy atom. The van der Waals surface area contributed by atoms with Gasteiger partial charge in [-0.2, -0.15) is 25.3 Å². The summed E-state index contributed by atoms with van der Waals surface area (Å²) < 4.78 is 97.9. The first kappa shape index (κ1) is 24.5. The van der Waals surface area contributed by atoms with Gasteiger partial charge in [-0.1, -0.05) is 0 Å². The van der Waals surface area contributed by atoms with E-state index in [-0.39, 0.29) is 10.8 Å². The zero-order valence-electron chi connectivity index (χ0n) is 16.4. The summed E-state index contributed by atoms with van der Waals surface area (Å²) in [5, 5.41) is 20.6. The number of benzene rings is 3. The Labute approximate surface area is 187 Å². The molecule has 13 nitrogen and oxygen atoms in total. The molecular weight excluding hydrogens is 502 g/mol. The highest BCUT2D eigenvalue weighted by molar-refractivity contribution is 7.86. The van der Waals surface area contributed by atoms with Crippen LogP contribution in [0.15, 0.2) is 67.4 Å². The average molecular weight is 518 g/mol. The minimum Gasteiger partial charge on any atom is -0.505 e. The van der Waals surface area contributed by atoms with E-state index >= 15 is 0 Å². The number of phenolic OH excluding ortho intramolecular Hbond substituents is 1. The predicted octanol–water partition coefficient (Wildman–Crippen LogP) is 2.74. The van der Waals surface area contributed by atoms with E-state index in [1.165, 1.54) is 12.1 Å². The second kappa shape index (κ2) is 8.32. The second-order valence-electron chi connectivity index (χ2n) is 6.51. The number of rotatable bonds is 6. The van der Waals surface area contributed by atoms with Crippen LogP contribution in [0, 0.1) is 0 Å². The number of aromatic hydroxyl groups is 1. The first-order valence-electron chi connectivity index (χ1n) is 8.58. The molecule has 0 heterocycles. The van der Waals surface area contributed by atoms with Crippen LogP contribution in [0.5, 0.6) is 5.75 Å². The van der Waals surface area contributed by atoms with Gasteiger partial charge >= 0.3 is 0 Å². The topological polar surface area (TPSA) is 220 Å². The molecule has 16 heteroatoms. The second-order valence-corrected chi connectivity index (χ2v) is 10.7. The van der Waals surface area contributed by atoms with E-state index in [1.54, 1.807) is 13.1 Å². The van der Waals surface area contributed by atoms with Gasteiger partial charge in [0.15, 0.2) is 5.75 Å². The number of nitrogens with zero attached hydrogens (tertiary/aromatic N) is 2. The highest BCUT2D eigenvalue weighted by atomic mass is 32.2. The third-order valence-electron chi connectivity index (χ3n) is 4.38. The summed E-state index contributed by atoms with van der Waals surface area (Å²) in [6, 6.07) is 7.25. The van der Waals surface area contributed by atoms with Crippen molar-refractivity contribution in [2.24, 2.45) is 10.2 Å². The fourth-order valence-electron chi connectivity index (χ4n) is 2.86. The largest absolute Gasteiger partial charge is 0.505 e. The molecule has 3 aromatic carbocycles. The lowest BCUT2D eigenvalue weighted by molar-refractivity contribution is 0.472. The predicted molar refractivity (Wildman–Crippen MR) is 115 cm³/mol. The molecule has 176 valence electrons. The van der Waals surface area contributed by atoms with Crippen LogP contribution in [0.4, 0.5) is 17.1 Å². The lowest BCUT2D eigenvalue weighted by Crippen LogP contribution is -2.02. The molecule has 3 aromatic rings. The van der Waals surface area contributed by atoms with Crippen LogP contribution in [0.1, 0.15) is 0 Å². The normalized spacial score (nSPS) is 13.0. The molecule has 5 N–H and O–H groups in total. The fraction of sp³-hybridized carbons (Fsp3) is 0.0588. The van der Waals surface area contributed by atoms with E-state index in [0.717, 1.165) is 6.07 Å².